The van der Waals surface area contributed by atoms with Gasteiger partial charge in [-0.3, -0.25) is 0 Å². The summed E-state index contributed by atoms with van der Waals surface area (Å²) in [5.74, 6) is 1.62. The third-order valence-corrected chi connectivity index (χ3v) is 4.34. The Bertz CT molecular complexity index is 727. The van der Waals surface area contributed by atoms with Crippen LogP contribution >= 0.6 is 11.6 Å². The molecule has 120 valence electrons. The fraction of sp³-hybridized carbons (Fsp3) is 0.333. The molecular formula is C18H21ClN4. The fourth-order valence-electron chi connectivity index (χ4n) is 2.60. The van der Waals surface area contributed by atoms with Crippen LogP contribution in [-0.2, 0) is 0 Å². The Kier molecular flexibility index (Phi) is 4.82. The molecule has 0 fully saturated rings. The molecular weight excluding hydrogens is 308 g/mol. The second-order valence-corrected chi connectivity index (χ2v) is 6.17. The highest BCUT2D eigenvalue weighted by atomic mass is 35.5. The van der Waals surface area contributed by atoms with Crippen LogP contribution in [0, 0.1) is 6.92 Å². The number of hydrogen-bond acceptors (Lipinski definition) is 4. The lowest BCUT2D eigenvalue weighted by Crippen LogP contribution is -2.28. The number of aryl methyl sites for hydroxylation is 1. The highest BCUT2D eigenvalue weighted by Crippen LogP contribution is 2.26. The van der Waals surface area contributed by atoms with Gasteiger partial charge in [-0.15, -0.1) is 0 Å². The van der Waals surface area contributed by atoms with Gasteiger partial charge < -0.3 is 10.2 Å². The SMILES string of the molecule is CCCCN1CC=Cc2cnc(Nc3ccc(Cl)c(C)c3)nc21. The standard InChI is InChI=1S/C18H21ClN4/c1-3-4-9-23-10-5-6-14-12-20-18(22-17(14)23)21-15-7-8-16(19)13(2)11-15/h5-8,11-12H,3-4,9-10H2,1-2H3,(H,20,21,22). The van der Waals surface area contributed by atoms with E-state index in [9.17, 15) is 0 Å². The van der Waals surface area contributed by atoms with E-state index in [2.05, 4.69) is 34.3 Å². The number of nitrogens with one attached hydrogen (secondary N) is 1. The van der Waals surface area contributed by atoms with Gasteiger partial charge in [-0.1, -0.05) is 37.1 Å². The van der Waals surface area contributed by atoms with Gasteiger partial charge in [0.1, 0.15) is 5.82 Å². The molecule has 3 rings (SSSR count). The van der Waals surface area contributed by atoms with E-state index in [0.29, 0.717) is 5.95 Å². The fourth-order valence-corrected chi connectivity index (χ4v) is 2.72. The quantitative estimate of drug-likeness (QED) is 0.854. The Morgan fingerprint density at radius 3 is 3.00 bits per heavy atom. The smallest absolute Gasteiger partial charge is 0.229 e. The van der Waals surface area contributed by atoms with E-state index in [4.69, 9.17) is 16.6 Å². The summed E-state index contributed by atoms with van der Waals surface area (Å²) in [5, 5.41) is 4.03. The topological polar surface area (TPSA) is 41.1 Å². The zero-order chi connectivity index (χ0) is 16.2. The van der Waals surface area contributed by atoms with Crippen molar-refractivity contribution in [1.82, 2.24) is 9.97 Å². The Hall–Kier alpha value is -2.07. The minimum absolute atomic E-state index is 0.613. The average molecular weight is 329 g/mol. The normalized spacial score (nSPS) is 13.1. The van der Waals surface area contributed by atoms with Gasteiger partial charge in [0.2, 0.25) is 5.95 Å². The molecule has 0 unspecified atom stereocenters. The maximum Gasteiger partial charge on any atom is 0.229 e. The molecule has 1 aromatic carbocycles. The Labute approximate surface area is 142 Å². The van der Waals surface area contributed by atoms with Crippen LogP contribution in [0.1, 0.15) is 30.9 Å². The van der Waals surface area contributed by atoms with Crippen molar-refractivity contribution in [3.8, 4) is 0 Å². The van der Waals surface area contributed by atoms with Gasteiger partial charge in [0.25, 0.3) is 0 Å². The maximum atomic E-state index is 6.07. The first-order valence-corrected chi connectivity index (χ1v) is 8.37. The summed E-state index contributed by atoms with van der Waals surface area (Å²) in [5.41, 5.74) is 3.05. The van der Waals surface area contributed by atoms with Crippen molar-refractivity contribution >= 4 is 35.1 Å². The number of unbranched alkanes of at least 4 members (excludes halogenated alkanes) is 1. The van der Waals surface area contributed by atoms with E-state index < -0.39 is 0 Å². The van der Waals surface area contributed by atoms with Crippen LogP contribution in [0.4, 0.5) is 17.5 Å². The highest BCUT2D eigenvalue weighted by Gasteiger charge is 2.15. The molecule has 1 aliphatic rings. The molecule has 23 heavy (non-hydrogen) atoms. The van der Waals surface area contributed by atoms with Crippen LogP contribution in [-0.4, -0.2) is 23.1 Å². The predicted molar refractivity (Wildman–Crippen MR) is 97.7 cm³/mol. The van der Waals surface area contributed by atoms with Gasteiger partial charge in [0.05, 0.1) is 0 Å². The average Bonchev–Trinajstić information content (AvgIpc) is 2.56. The molecule has 0 bridgehead atoms. The number of hydrogen-bond donors (Lipinski definition) is 1. The second-order valence-electron chi connectivity index (χ2n) is 5.76. The first-order chi connectivity index (χ1) is 11.2. The van der Waals surface area contributed by atoms with Crippen LogP contribution in [0.25, 0.3) is 6.08 Å². The molecule has 1 aromatic heterocycles. The maximum absolute atomic E-state index is 6.07. The lowest BCUT2D eigenvalue weighted by atomic mass is 10.2. The van der Waals surface area contributed by atoms with Crippen molar-refractivity contribution in [2.45, 2.75) is 26.7 Å². The first-order valence-electron chi connectivity index (χ1n) is 7.99. The van der Waals surface area contributed by atoms with Gasteiger partial charge in [0.15, 0.2) is 0 Å². The molecule has 0 saturated carbocycles. The molecule has 1 aliphatic heterocycles. The lowest BCUT2D eigenvalue weighted by Gasteiger charge is -2.26. The lowest BCUT2D eigenvalue weighted by molar-refractivity contribution is 0.734. The summed E-state index contributed by atoms with van der Waals surface area (Å²) in [6.07, 6.45) is 8.47. The van der Waals surface area contributed by atoms with Crippen molar-refractivity contribution < 1.29 is 0 Å². The van der Waals surface area contributed by atoms with Crippen LogP contribution < -0.4 is 10.2 Å². The van der Waals surface area contributed by atoms with Crippen LogP contribution in [0.2, 0.25) is 5.02 Å². The van der Waals surface area contributed by atoms with Gasteiger partial charge in [-0.25, -0.2) is 4.98 Å². The van der Waals surface area contributed by atoms with Gasteiger partial charge >= 0.3 is 0 Å². The number of anilines is 3. The number of rotatable bonds is 5. The number of benzene rings is 1. The summed E-state index contributed by atoms with van der Waals surface area (Å²) in [6.45, 7) is 6.11. The summed E-state index contributed by atoms with van der Waals surface area (Å²) >= 11 is 6.07. The Morgan fingerprint density at radius 2 is 2.22 bits per heavy atom. The summed E-state index contributed by atoms with van der Waals surface area (Å²) in [6, 6.07) is 5.82. The monoisotopic (exact) mass is 328 g/mol. The number of aromatic nitrogens is 2. The largest absolute Gasteiger partial charge is 0.352 e. The number of nitrogens with zero attached hydrogens (tertiary/aromatic N) is 3. The predicted octanol–water partition coefficient (Wildman–Crippen LogP) is 4.82. The van der Waals surface area contributed by atoms with Crippen molar-refractivity contribution in [1.29, 1.82) is 0 Å². The van der Waals surface area contributed by atoms with E-state index in [1.165, 1.54) is 6.42 Å². The first kappa shape index (κ1) is 15.8. The minimum Gasteiger partial charge on any atom is -0.352 e. The van der Waals surface area contributed by atoms with Gasteiger partial charge in [-0.05, 0) is 37.1 Å². The van der Waals surface area contributed by atoms with E-state index in [0.717, 1.165) is 47.2 Å². The Morgan fingerprint density at radius 1 is 1.35 bits per heavy atom. The zero-order valence-corrected chi connectivity index (χ0v) is 14.3. The molecule has 2 heterocycles. The van der Waals surface area contributed by atoms with Gasteiger partial charge in [0, 0.05) is 35.6 Å². The highest BCUT2D eigenvalue weighted by molar-refractivity contribution is 6.31. The molecule has 0 aliphatic carbocycles. The summed E-state index contributed by atoms with van der Waals surface area (Å²) < 4.78 is 0. The second kappa shape index (κ2) is 7.01. The van der Waals surface area contributed by atoms with Crippen LogP contribution in [0.5, 0.6) is 0 Å². The van der Waals surface area contributed by atoms with E-state index in [1.807, 2.05) is 31.3 Å². The van der Waals surface area contributed by atoms with Gasteiger partial charge in [-0.2, -0.15) is 4.98 Å². The van der Waals surface area contributed by atoms with E-state index in [-0.39, 0.29) is 0 Å². The van der Waals surface area contributed by atoms with Crippen molar-refractivity contribution in [3.05, 3.63) is 46.6 Å². The van der Waals surface area contributed by atoms with E-state index in [1.54, 1.807) is 0 Å². The van der Waals surface area contributed by atoms with Crippen molar-refractivity contribution in [3.63, 3.8) is 0 Å². The molecule has 0 saturated heterocycles. The molecule has 0 atom stereocenters. The van der Waals surface area contributed by atoms with Crippen LogP contribution in [0.3, 0.4) is 0 Å². The van der Waals surface area contributed by atoms with E-state index >= 15 is 0 Å². The number of fused-ring (bicyclic) bond motifs is 1. The molecule has 2 aromatic rings. The minimum atomic E-state index is 0.613. The molecule has 1 N–H and O–H groups in total. The molecule has 5 heteroatoms. The number of halogens is 1. The third-order valence-electron chi connectivity index (χ3n) is 3.91. The molecule has 0 amide bonds. The zero-order valence-electron chi connectivity index (χ0n) is 13.5. The molecule has 0 spiro atoms. The Balaban J connectivity index is 1.84. The van der Waals surface area contributed by atoms with Crippen molar-refractivity contribution in [2.24, 2.45) is 0 Å². The van der Waals surface area contributed by atoms with Crippen LogP contribution in [0.15, 0.2) is 30.5 Å². The summed E-state index contributed by atoms with van der Waals surface area (Å²) in [4.78, 5) is 11.4. The third kappa shape index (κ3) is 3.64. The molecule has 0 radical (unpaired) electrons. The molecule has 4 nitrogen and oxygen atoms in total. The van der Waals surface area contributed by atoms with Crippen molar-refractivity contribution in [2.75, 3.05) is 23.3 Å². The summed E-state index contributed by atoms with van der Waals surface area (Å²) in [7, 11) is 0.